The van der Waals surface area contributed by atoms with Gasteiger partial charge in [-0.05, 0) is 11.8 Å². The molecule has 0 radical (unpaired) electrons. The van der Waals surface area contributed by atoms with Gasteiger partial charge in [0.1, 0.15) is 6.04 Å². The van der Waals surface area contributed by atoms with Crippen molar-refractivity contribution in [2.45, 2.75) is 18.5 Å². The molecular weight excluding hydrogens is 311 g/mol. The number of amides is 1. The monoisotopic (exact) mass is 323 g/mol. The van der Waals surface area contributed by atoms with Crippen LogP contribution in [0.15, 0.2) is 0 Å². The molecule has 0 saturated carbocycles. The van der Waals surface area contributed by atoms with E-state index in [1.807, 2.05) is 5.32 Å². The number of carboxylic acid groups (broad SMARTS) is 1. The van der Waals surface area contributed by atoms with Crippen molar-refractivity contribution in [1.82, 2.24) is 5.32 Å². The third-order valence-electron chi connectivity index (χ3n) is 1.76. The predicted octanol–water partition coefficient (Wildman–Crippen LogP) is 0.244. The SMILES string of the molecule is CC(=O)NC(CS(=O)(=O)CCSC(F)(F)F)C(=O)O. The molecule has 0 fully saturated rings. The van der Waals surface area contributed by atoms with E-state index in [0.29, 0.717) is 0 Å². The van der Waals surface area contributed by atoms with Gasteiger partial charge in [-0.3, -0.25) is 4.79 Å². The smallest absolute Gasteiger partial charge is 0.441 e. The van der Waals surface area contributed by atoms with Crippen molar-refractivity contribution in [3.05, 3.63) is 0 Å². The van der Waals surface area contributed by atoms with Crippen molar-refractivity contribution >= 4 is 33.5 Å². The molecule has 0 aromatic heterocycles. The Morgan fingerprint density at radius 1 is 1.37 bits per heavy atom. The zero-order valence-electron chi connectivity index (χ0n) is 9.73. The molecule has 19 heavy (non-hydrogen) atoms. The Hall–Kier alpha value is -0.970. The van der Waals surface area contributed by atoms with Crippen LogP contribution in [0.1, 0.15) is 6.92 Å². The van der Waals surface area contributed by atoms with E-state index in [2.05, 4.69) is 0 Å². The lowest BCUT2D eigenvalue weighted by molar-refractivity contribution is -0.140. The maximum absolute atomic E-state index is 11.8. The first kappa shape index (κ1) is 18.0. The zero-order valence-corrected chi connectivity index (χ0v) is 11.4. The molecule has 0 aliphatic heterocycles. The van der Waals surface area contributed by atoms with Gasteiger partial charge in [-0.2, -0.15) is 13.2 Å². The van der Waals surface area contributed by atoms with Crippen molar-refractivity contribution in [3.63, 3.8) is 0 Å². The summed E-state index contributed by atoms with van der Waals surface area (Å²) in [5, 5.41) is 10.6. The fourth-order valence-electron chi connectivity index (χ4n) is 1.04. The van der Waals surface area contributed by atoms with Crippen LogP contribution in [0.25, 0.3) is 0 Å². The zero-order chi connectivity index (χ0) is 15.3. The standard InChI is InChI=1S/C8H12F3NO5S2/c1-5(13)12-6(7(14)15)4-19(16,17)3-2-18-8(9,10)11/h6H,2-4H2,1H3,(H,12,13)(H,14,15). The van der Waals surface area contributed by atoms with Gasteiger partial charge in [-0.25, -0.2) is 13.2 Å². The second-order valence-corrected chi connectivity index (χ2v) is 6.89. The largest absolute Gasteiger partial charge is 0.480 e. The van der Waals surface area contributed by atoms with Crippen molar-refractivity contribution in [2.24, 2.45) is 0 Å². The number of nitrogens with one attached hydrogen (secondary N) is 1. The minimum absolute atomic E-state index is 0.504. The summed E-state index contributed by atoms with van der Waals surface area (Å²) >= 11 is -0.504. The fourth-order valence-corrected chi connectivity index (χ4v) is 3.52. The molecule has 0 heterocycles. The normalized spacial score (nSPS) is 13.9. The van der Waals surface area contributed by atoms with Gasteiger partial charge in [0.25, 0.3) is 0 Å². The van der Waals surface area contributed by atoms with Crippen molar-refractivity contribution in [3.8, 4) is 0 Å². The second kappa shape index (κ2) is 6.98. The van der Waals surface area contributed by atoms with Crippen LogP contribution in [0.3, 0.4) is 0 Å². The molecule has 2 N–H and O–H groups in total. The number of carbonyl (C=O) groups excluding carboxylic acids is 1. The van der Waals surface area contributed by atoms with Gasteiger partial charge in [0.15, 0.2) is 9.84 Å². The molecule has 6 nitrogen and oxygen atoms in total. The van der Waals surface area contributed by atoms with Crippen LogP contribution in [0, 0.1) is 0 Å². The fraction of sp³-hybridized carbons (Fsp3) is 0.750. The van der Waals surface area contributed by atoms with E-state index in [4.69, 9.17) is 5.11 Å². The Morgan fingerprint density at radius 2 is 1.89 bits per heavy atom. The second-order valence-electron chi connectivity index (χ2n) is 3.50. The third-order valence-corrected chi connectivity index (χ3v) is 4.42. The average Bonchev–Trinajstić information content (AvgIpc) is 2.12. The Balaban J connectivity index is 4.48. The molecule has 0 aromatic rings. The van der Waals surface area contributed by atoms with Crippen LogP contribution in [0.2, 0.25) is 0 Å². The number of sulfone groups is 1. The number of carboxylic acids is 1. The minimum Gasteiger partial charge on any atom is -0.480 e. The lowest BCUT2D eigenvalue weighted by Gasteiger charge is -2.13. The average molecular weight is 323 g/mol. The predicted molar refractivity (Wildman–Crippen MR) is 62.4 cm³/mol. The molecule has 0 rings (SSSR count). The first-order chi connectivity index (χ1) is 8.43. The van der Waals surface area contributed by atoms with Gasteiger partial charge in [-0.1, -0.05) is 0 Å². The van der Waals surface area contributed by atoms with Crippen LogP contribution in [0.5, 0.6) is 0 Å². The quantitative estimate of drug-likeness (QED) is 0.696. The van der Waals surface area contributed by atoms with Crippen molar-refractivity contribution in [2.75, 3.05) is 17.3 Å². The summed E-state index contributed by atoms with van der Waals surface area (Å²) in [4.78, 5) is 21.3. The van der Waals surface area contributed by atoms with Crippen molar-refractivity contribution < 1.29 is 36.3 Å². The van der Waals surface area contributed by atoms with E-state index in [1.54, 1.807) is 0 Å². The van der Waals surface area contributed by atoms with Crippen LogP contribution >= 0.6 is 11.8 Å². The summed E-state index contributed by atoms with van der Waals surface area (Å²) in [5.74, 6) is -4.80. The molecule has 0 aliphatic carbocycles. The number of alkyl halides is 3. The van der Waals surface area contributed by atoms with Gasteiger partial charge in [0, 0.05) is 12.7 Å². The molecule has 0 aliphatic rings. The molecule has 1 unspecified atom stereocenters. The van der Waals surface area contributed by atoms with Crippen LogP contribution in [-0.2, 0) is 19.4 Å². The molecule has 11 heteroatoms. The summed E-state index contributed by atoms with van der Waals surface area (Å²) < 4.78 is 58.3. The molecule has 0 bridgehead atoms. The van der Waals surface area contributed by atoms with E-state index >= 15 is 0 Å². The highest BCUT2D eigenvalue weighted by Crippen LogP contribution is 2.29. The highest BCUT2D eigenvalue weighted by atomic mass is 32.2. The van der Waals surface area contributed by atoms with Gasteiger partial charge in [-0.15, -0.1) is 0 Å². The van der Waals surface area contributed by atoms with Crippen LogP contribution in [0.4, 0.5) is 13.2 Å². The Bertz CT molecular complexity index is 434. The number of rotatable bonds is 7. The maximum atomic E-state index is 11.8. The highest BCUT2D eigenvalue weighted by Gasteiger charge is 2.30. The van der Waals surface area contributed by atoms with E-state index < -0.39 is 62.3 Å². The molecule has 0 aromatic carbocycles. The lowest BCUT2D eigenvalue weighted by Crippen LogP contribution is -2.45. The molecular formula is C8H12F3NO5S2. The van der Waals surface area contributed by atoms with Crippen LogP contribution in [-0.4, -0.2) is 54.2 Å². The number of hydrogen-bond donors (Lipinski definition) is 2. The van der Waals surface area contributed by atoms with Gasteiger partial charge in [0.2, 0.25) is 5.91 Å². The minimum atomic E-state index is -4.54. The Morgan fingerprint density at radius 3 is 2.26 bits per heavy atom. The summed E-state index contributed by atoms with van der Waals surface area (Å²) in [6, 6.07) is -1.67. The summed E-state index contributed by atoms with van der Waals surface area (Å²) in [7, 11) is -4.01. The number of thioether (sulfide) groups is 1. The van der Waals surface area contributed by atoms with E-state index in [-0.39, 0.29) is 0 Å². The van der Waals surface area contributed by atoms with Crippen LogP contribution < -0.4 is 5.32 Å². The number of hydrogen-bond acceptors (Lipinski definition) is 5. The molecule has 112 valence electrons. The van der Waals surface area contributed by atoms with Gasteiger partial charge >= 0.3 is 11.5 Å². The Kier molecular flexibility index (Phi) is 6.63. The Labute approximate surface area is 111 Å². The summed E-state index contributed by atoms with van der Waals surface area (Å²) in [6.07, 6.45) is 0. The van der Waals surface area contributed by atoms with E-state index in [9.17, 15) is 31.2 Å². The van der Waals surface area contributed by atoms with E-state index in [1.165, 1.54) is 0 Å². The number of carbonyl (C=O) groups is 2. The summed E-state index contributed by atoms with van der Waals surface area (Å²) in [5.41, 5.74) is -4.54. The highest BCUT2D eigenvalue weighted by molar-refractivity contribution is 8.01. The summed E-state index contributed by atoms with van der Waals surface area (Å²) in [6.45, 7) is 1.00. The molecule has 0 spiro atoms. The lowest BCUT2D eigenvalue weighted by atomic mass is 10.3. The maximum Gasteiger partial charge on any atom is 0.441 e. The topological polar surface area (TPSA) is 101 Å². The first-order valence-electron chi connectivity index (χ1n) is 4.84. The van der Waals surface area contributed by atoms with Crippen molar-refractivity contribution in [1.29, 1.82) is 0 Å². The number of halogens is 3. The molecule has 1 amide bonds. The number of aliphatic carboxylic acids is 1. The molecule has 1 atom stereocenters. The molecule has 0 saturated heterocycles. The van der Waals surface area contributed by atoms with E-state index in [0.717, 1.165) is 6.92 Å². The van der Waals surface area contributed by atoms with Gasteiger partial charge in [0.05, 0.1) is 11.5 Å². The third kappa shape index (κ3) is 9.59. The first-order valence-corrected chi connectivity index (χ1v) is 7.64. The van der Waals surface area contributed by atoms with Gasteiger partial charge < -0.3 is 10.4 Å².